The van der Waals surface area contributed by atoms with E-state index in [0.717, 1.165) is 12.1 Å². The fourth-order valence-corrected chi connectivity index (χ4v) is 2.90. The zero-order chi connectivity index (χ0) is 16.8. The highest BCUT2D eigenvalue weighted by molar-refractivity contribution is 5.47. The average molecular weight is 339 g/mol. The van der Waals surface area contributed by atoms with Crippen LogP contribution in [0, 0.1) is 17.5 Å². The molecule has 1 aromatic heterocycles. The number of ether oxygens (including phenoxy) is 2. The summed E-state index contributed by atoms with van der Waals surface area (Å²) in [6.45, 7) is 1.16. The maximum atomic E-state index is 13.2. The predicted molar refractivity (Wildman–Crippen MR) is 76.2 cm³/mol. The molecule has 2 aliphatic heterocycles. The minimum atomic E-state index is -1.53. The smallest absolute Gasteiger partial charge is 0.352 e. The molecule has 9 heteroatoms. The van der Waals surface area contributed by atoms with Crippen LogP contribution in [-0.4, -0.2) is 28.9 Å². The first-order valence-electron chi connectivity index (χ1n) is 7.25. The summed E-state index contributed by atoms with van der Waals surface area (Å²) in [4.78, 5) is 17.8. The van der Waals surface area contributed by atoms with Crippen molar-refractivity contribution in [2.45, 2.75) is 19.2 Å². The first kappa shape index (κ1) is 15.0. The second kappa shape index (κ2) is 5.52. The molecule has 0 bridgehead atoms. The third-order valence-corrected chi connectivity index (χ3v) is 4.07. The first-order chi connectivity index (χ1) is 11.5. The second-order valence-electron chi connectivity index (χ2n) is 5.63. The first-order valence-corrected chi connectivity index (χ1v) is 7.25. The highest BCUT2D eigenvalue weighted by Crippen LogP contribution is 2.29. The van der Waals surface area contributed by atoms with Gasteiger partial charge in [-0.3, -0.25) is 4.57 Å². The molecule has 1 atom stereocenters. The topological polar surface area (TPSA) is 56.6 Å². The van der Waals surface area contributed by atoms with Crippen molar-refractivity contribution >= 4 is 5.82 Å². The van der Waals surface area contributed by atoms with Crippen molar-refractivity contribution < 1.29 is 22.6 Å². The number of hydrogen-bond acceptors (Lipinski definition) is 5. The van der Waals surface area contributed by atoms with E-state index in [2.05, 4.69) is 4.98 Å². The summed E-state index contributed by atoms with van der Waals surface area (Å²) in [7, 11) is 0. The SMILES string of the molecule is O=c1nc(OCc2cc(F)c(F)c(F)c2)cc2n1CC1COCN21. The molecule has 0 radical (unpaired) electrons. The van der Waals surface area contributed by atoms with Gasteiger partial charge in [0.05, 0.1) is 19.2 Å². The van der Waals surface area contributed by atoms with E-state index in [1.807, 2.05) is 4.90 Å². The summed E-state index contributed by atoms with van der Waals surface area (Å²) < 4.78 is 51.5. The molecule has 24 heavy (non-hydrogen) atoms. The van der Waals surface area contributed by atoms with Gasteiger partial charge in [0.2, 0.25) is 5.88 Å². The van der Waals surface area contributed by atoms with Gasteiger partial charge in [0.15, 0.2) is 17.5 Å². The molecule has 0 N–H and O–H groups in total. The third kappa shape index (κ3) is 2.41. The van der Waals surface area contributed by atoms with Crippen LogP contribution in [0.4, 0.5) is 19.0 Å². The largest absolute Gasteiger partial charge is 0.473 e. The van der Waals surface area contributed by atoms with Gasteiger partial charge in [-0.2, -0.15) is 4.98 Å². The molecular weight excluding hydrogens is 327 g/mol. The van der Waals surface area contributed by atoms with E-state index < -0.39 is 23.1 Å². The Labute approximate surface area is 134 Å². The van der Waals surface area contributed by atoms with Gasteiger partial charge in [-0.1, -0.05) is 0 Å². The van der Waals surface area contributed by atoms with Gasteiger partial charge in [0.25, 0.3) is 0 Å². The molecule has 1 aromatic carbocycles. The molecule has 126 valence electrons. The van der Waals surface area contributed by atoms with E-state index in [9.17, 15) is 18.0 Å². The van der Waals surface area contributed by atoms with Gasteiger partial charge in [-0.05, 0) is 17.7 Å². The maximum Gasteiger partial charge on any atom is 0.352 e. The van der Waals surface area contributed by atoms with Gasteiger partial charge in [0.1, 0.15) is 19.2 Å². The molecule has 0 saturated carbocycles. The minimum absolute atomic E-state index is 0.0314. The summed E-state index contributed by atoms with van der Waals surface area (Å²) in [5, 5.41) is 0. The van der Waals surface area contributed by atoms with Crippen LogP contribution in [0.2, 0.25) is 0 Å². The molecule has 6 nitrogen and oxygen atoms in total. The van der Waals surface area contributed by atoms with Crippen LogP contribution in [0.3, 0.4) is 0 Å². The Kier molecular flexibility index (Phi) is 3.45. The summed E-state index contributed by atoms with van der Waals surface area (Å²) in [5.41, 5.74) is -0.371. The van der Waals surface area contributed by atoms with E-state index >= 15 is 0 Å². The Morgan fingerprint density at radius 2 is 2.00 bits per heavy atom. The number of fused-ring (bicyclic) bond motifs is 3. The van der Waals surface area contributed by atoms with Crippen molar-refractivity contribution in [1.82, 2.24) is 9.55 Å². The minimum Gasteiger partial charge on any atom is -0.473 e. The Hall–Kier alpha value is -2.55. The molecule has 2 aliphatic rings. The lowest BCUT2D eigenvalue weighted by atomic mass is 10.2. The molecular formula is C15H12F3N3O3. The van der Waals surface area contributed by atoms with Gasteiger partial charge in [-0.25, -0.2) is 18.0 Å². The van der Waals surface area contributed by atoms with Crippen LogP contribution in [-0.2, 0) is 17.9 Å². The van der Waals surface area contributed by atoms with E-state index in [-0.39, 0.29) is 24.1 Å². The quantitative estimate of drug-likeness (QED) is 0.792. The van der Waals surface area contributed by atoms with E-state index in [4.69, 9.17) is 9.47 Å². The third-order valence-electron chi connectivity index (χ3n) is 4.07. The molecule has 0 spiro atoms. The number of rotatable bonds is 3. The number of benzene rings is 1. The molecule has 2 aromatic rings. The van der Waals surface area contributed by atoms with E-state index in [0.29, 0.717) is 25.7 Å². The number of hydrogen-bond donors (Lipinski definition) is 0. The number of aromatic nitrogens is 2. The summed E-state index contributed by atoms with van der Waals surface area (Å²) in [5.74, 6) is -3.47. The van der Waals surface area contributed by atoms with Crippen molar-refractivity contribution in [3.63, 3.8) is 0 Å². The van der Waals surface area contributed by atoms with Gasteiger partial charge in [0, 0.05) is 6.07 Å². The number of anilines is 1. The van der Waals surface area contributed by atoms with Crippen molar-refractivity contribution in [2.24, 2.45) is 0 Å². The van der Waals surface area contributed by atoms with E-state index in [1.54, 1.807) is 6.07 Å². The zero-order valence-electron chi connectivity index (χ0n) is 12.3. The monoisotopic (exact) mass is 339 g/mol. The molecule has 1 saturated heterocycles. The average Bonchev–Trinajstić information content (AvgIpc) is 3.12. The number of halogens is 3. The van der Waals surface area contributed by atoms with Crippen LogP contribution < -0.4 is 15.3 Å². The highest BCUT2D eigenvalue weighted by Gasteiger charge is 2.35. The predicted octanol–water partition coefficient (Wildman–Crippen LogP) is 1.42. The molecule has 1 unspecified atom stereocenters. The molecule has 3 heterocycles. The van der Waals surface area contributed by atoms with E-state index in [1.165, 1.54) is 4.57 Å². The Morgan fingerprint density at radius 3 is 2.75 bits per heavy atom. The van der Waals surface area contributed by atoms with Crippen LogP contribution in [0.25, 0.3) is 0 Å². The van der Waals surface area contributed by atoms with Gasteiger partial charge in [-0.15, -0.1) is 0 Å². The molecule has 1 fully saturated rings. The van der Waals surface area contributed by atoms with Crippen molar-refractivity contribution in [2.75, 3.05) is 18.2 Å². The standard InChI is InChI=1S/C15H12F3N3O3/c16-10-1-8(2-11(17)14(10)18)5-24-12-3-13-20(15(22)19-12)4-9-6-23-7-21(9)13/h1-3,9H,4-7H2. The van der Waals surface area contributed by atoms with Crippen LogP contribution in [0.15, 0.2) is 23.0 Å². The summed E-state index contributed by atoms with van der Waals surface area (Å²) in [6, 6.07) is 3.34. The summed E-state index contributed by atoms with van der Waals surface area (Å²) in [6.07, 6.45) is 0. The summed E-state index contributed by atoms with van der Waals surface area (Å²) >= 11 is 0. The van der Waals surface area contributed by atoms with Crippen molar-refractivity contribution in [1.29, 1.82) is 0 Å². The normalized spacial score (nSPS) is 18.6. The second-order valence-corrected chi connectivity index (χ2v) is 5.63. The van der Waals surface area contributed by atoms with Crippen LogP contribution in [0.5, 0.6) is 5.88 Å². The molecule has 0 amide bonds. The number of nitrogens with zero attached hydrogens (tertiary/aromatic N) is 3. The Balaban J connectivity index is 1.57. The molecule has 4 rings (SSSR count). The fourth-order valence-electron chi connectivity index (χ4n) is 2.90. The van der Waals surface area contributed by atoms with Gasteiger partial charge < -0.3 is 14.4 Å². The highest BCUT2D eigenvalue weighted by atomic mass is 19.2. The lowest BCUT2D eigenvalue weighted by Gasteiger charge is -2.15. The van der Waals surface area contributed by atoms with Crippen LogP contribution >= 0.6 is 0 Å². The lowest BCUT2D eigenvalue weighted by molar-refractivity contribution is 0.189. The lowest BCUT2D eigenvalue weighted by Crippen LogP contribution is -2.26. The van der Waals surface area contributed by atoms with Gasteiger partial charge >= 0.3 is 5.69 Å². The van der Waals surface area contributed by atoms with Crippen molar-refractivity contribution in [3.05, 3.63) is 51.7 Å². The maximum absolute atomic E-state index is 13.2. The Morgan fingerprint density at radius 1 is 1.25 bits per heavy atom. The Bertz CT molecular complexity index is 848. The molecule has 0 aliphatic carbocycles. The van der Waals surface area contributed by atoms with Crippen LogP contribution in [0.1, 0.15) is 5.56 Å². The zero-order valence-corrected chi connectivity index (χ0v) is 12.3. The fraction of sp³-hybridized carbons (Fsp3) is 0.333. The van der Waals surface area contributed by atoms with Crippen molar-refractivity contribution in [3.8, 4) is 5.88 Å².